The zero-order valence-corrected chi connectivity index (χ0v) is 24.4. The quantitative estimate of drug-likeness (QED) is 0.0823. The number of carbonyl (C=O) groups excluding carboxylic acids is 1. The van der Waals surface area contributed by atoms with Gasteiger partial charge < -0.3 is 40.3 Å². The Morgan fingerprint density at radius 2 is 1.41 bits per heavy atom. The molecule has 1 saturated heterocycles. The average molecular weight is 560 g/mol. The average Bonchev–Trinajstić information content (AvgIpc) is 2.93. The van der Waals surface area contributed by atoms with Crippen LogP contribution in [-0.2, 0) is 14.3 Å². The SMILES string of the molecule is CCCCCCCCCCCCC/C=C/[C@@H](O)[C@H](COC1O[C@H](CO)[C@@H](O)[C@H](O)[C@H]1O)NC(=O)CCCCC. The van der Waals surface area contributed by atoms with Crippen LogP contribution in [0.3, 0.4) is 0 Å². The van der Waals surface area contributed by atoms with E-state index in [2.05, 4.69) is 19.2 Å². The van der Waals surface area contributed by atoms with Gasteiger partial charge in [-0.2, -0.15) is 0 Å². The van der Waals surface area contributed by atoms with E-state index in [9.17, 15) is 30.3 Å². The summed E-state index contributed by atoms with van der Waals surface area (Å²) in [4.78, 5) is 12.4. The van der Waals surface area contributed by atoms with Crippen molar-refractivity contribution in [3.63, 3.8) is 0 Å². The molecule has 1 heterocycles. The van der Waals surface area contributed by atoms with Crippen molar-refractivity contribution < 1.29 is 39.8 Å². The van der Waals surface area contributed by atoms with E-state index in [1.807, 2.05) is 6.08 Å². The summed E-state index contributed by atoms with van der Waals surface area (Å²) < 4.78 is 11.0. The fraction of sp³-hybridized carbons (Fsp3) is 0.900. The topological polar surface area (TPSA) is 149 Å². The maximum absolute atomic E-state index is 12.4. The van der Waals surface area contributed by atoms with Crippen LogP contribution < -0.4 is 5.32 Å². The molecule has 1 unspecified atom stereocenters. The molecule has 1 fully saturated rings. The lowest BCUT2D eigenvalue weighted by Gasteiger charge is -2.40. The van der Waals surface area contributed by atoms with Gasteiger partial charge in [0.1, 0.15) is 24.4 Å². The molecule has 0 aliphatic carbocycles. The number of amides is 1. The summed E-state index contributed by atoms with van der Waals surface area (Å²) in [6, 6.07) is -0.792. The molecule has 0 aromatic heterocycles. The molecule has 0 saturated carbocycles. The van der Waals surface area contributed by atoms with Crippen LogP contribution in [0, 0.1) is 0 Å². The number of ether oxygens (including phenoxy) is 2. The van der Waals surface area contributed by atoms with Gasteiger partial charge in [-0.1, -0.05) is 103 Å². The summed E-state index contributed by atoms with van der Waals surface area (Å²) in [5.41, 5.74) is 0. The standard InChI is InChI=1S/C30H57NO8/c1-3-5-7-8-9-10-11-12-13-14-15-16-18-19-24(33)23(31-26(34)20-17-6-4-2)22-38-30-29(37)28(36)27(35)25(21-32)39-30/h18-19,23-25,27-30,32-33,35-37H,3-17,20-22H2,1-2H3,(H,31,34)/b19-18+/t23-,24+,25+,27+,28-,29+,30?/m0/s1. The number of allylic oxidation sites excluding steroid dienone is 1. The van der Waals surface area contributed by atoms with E-state index >= 15 is 0 Å². The second-order valence-electron chi connectivity index (χ2n) is 10.9. The van der Waals surface area contributed by atoms with E-state index in [1.165, 1.54) is 57.8 Å². The number of hydrogen-bond acceptors (Lipinski definition) is 8. The predicted molar refractivity (Wildman–Crippen MR) is 152 cm³/mol. The van der Waals surface area contributed by atoms with E-state index in [0.29, 0.717) is 6.42 Å². The predicted octanol–water partition coefficient (Wildman–Crippen LogP) is 3.49. The van der Waals surface area contributed by atoms with E-state index in [4.69, 9.17) is 9.47 Å². The number of aliphatic hydroxyl groups excluding tert-OH is 5. The highest BCUT2D eigenvalue weighted by molar-refractivity contribution is 5.76. The molecule has 6 N–H and O–H groups in total. The maximum Gasteiger partial charge on any atom is 0.220 e. The van der Waals surface area contributed by atoms with Crippen molar-refractivity contribution >= 4 is 5.91 Å². The van der Waals surface area contributed by atoms with E-state index in [0.717, 1.165) is 38.5 Å². The summed E-state index contributed by atoms with van der Waals surface area (Å²) >= 11 is 0. The summed E-state index contributed by atoms with van der Waals surface area (Å²) in [6.07, 6.45) is 13.4. The Balaban J connectivity index is 2.47. The molecule has 0 aromatic rings. The van der Waals surface area contributed by atoms with Crippen LogP contribution in [0.2, 0.25) is 0 Å². The molecule has 230 valence electrons. The third-order valence-corrected chi connectivity index (χ3v) is 7.36. The number of hydrogen-bond donors (Lipinski definition) is 6. The Hall–Kier alpha value is -1.07. The highest BCUT2D eigenvalue weighted by Crippen LogP contribution is 2.22. The molecule has 1 aliphatic heterocycles. The maximum atomic E-state index is 12.4. The Morgan fingerprint density at radius 1 is 0.846 bits per heavy atom. The van der Waals surface area contributed by atoms with Gasteiger partial charge >= 0.3 is 0 Å². The molecule has 0 bridgehead atoms. The Bertz CT molecular complexity index is 632. The molecule has 0 radical (unpaired) electrons. The van der Waals surface area contributed by atoms with Crippen LogP contribution in [0.4, 0.5) is 0 Å². The molecular weight excluding hydrogens is 502 g/mol. The first-order valence-electron chi connectivity index (χ1n) is 15.4. The molecule has 1 aliphatic rings. The zero-order valence-electron chi connectivity index (χ0n) is 24.4. The van der Waals surface area contributed by atoms with Crippen LogP contribution in [0.15, 0.2) is 12.2 Å². The monoisotopic (exact) mass is 559 g/mol. The fourth-order valence-electron chi connectivity index (χ4n) is 4.74. The second-order valence-corrected chi connectivity index (χ2v) is 10.9. The van der Waals surface area contributed by atoms with Crippen molar-refractivity contribution in [2.75, 3.05) is 13.2 Å². The van der Waals surface area contributed by atoms with Crippen molar-refractivity contribution in [3.8, 4) is 0 Å². The van der Waals surface area contributed by atoms with Gasteiger partial charge in [-0.25, -0.2) is 0 Å². The molecular formula is C30H57NO8. The number of rotatable bonds is 23. The number of carbonyl (C=O) groups is 1. The van der Waals surface area contributed by atoms with Crippen LogP contribution in [0.5, 0.6) is 0 Å². The molecule has 9 nitrogen and oxygen atoms in total. The van der Waals surface area contributed by atoms with Gasteiger partial charge in [-0.05, 0) is 19.3 Å². The zero-order chi connectivity index (χ0) is 28.9. The first kappa shape index (κ1) is 36.0. The molecule has 1 amide bonds. The first-order chi connectivity index (χ1) is 18.8. The first-order valence-corrected chi connectivity index (χ1v) is 15.4. The van der Waals surface area contributed by atoms with E-state index in [-0.39, 0.29) is 12.5 Å². The van der Waals surface area contributed by atoms with Crippen LogP contribution in [-0.4, -0.2) is 87.5 Å². The van der Waals surface area contributed by atoms with Crippen LogP contribution >= 0.6 is 0 Å². The van der Waals surface area contributed by atoms with Gasteiger partial charge in [0.15, 0.2) is 6.29 Å². The van der Waals surface area contributed by atoms with Gasteiger partial charge in [0, 0.05) is 6.42 Å². The summed E-state index contributed by atoms with van der Waals surface area (Å²) in [6.45, 7) is 3.54. The van der Waals surface area contributed by atoms with Crippen LogP contribution in [0.25, 0.3) is 0 Å². The Labute approximate surface area is 236 Å². The lowest BCUT2D eigenvalue weighted by molar-refractivity contribution is -0.302. The van der Waals surface area contributed by atoms with Gasteiger partial charge in [0.25, 0.3) is 0 Å². The molecule has 0 aromatic carbocycles. The molecule has 1 rings (SSSR count). The highest BCUT2D eigenvalue weighted by atomic mass is 16.7. The second kappa shape index (κ2) is 22.6. The fourth-order valence-corrected chi connectivity index (χ4v) is 4.74. The molecule has 9 heteroatoms. The lowest BCUT2D eigenvalue weighted by Crippen LogP contribution is -2.60. The van der Waals surface area contributed by atoms with Crippen molar-refractivity contribution in [1.82, 2.24) is 5.32 Å². The van der Waals surface area contributed by atoms with Gasteiger partial charge in [-0.3, -0.25) is 4.79 Å². The number of aliphatic hydroxyl groups is 5. The number of unbranched alkanes of at least 4 members (excludes halogenated alkanes) is 13. The minimum Gasteiger partial charge on any atom is -0.394 e. The van der Waals surface area contributed by atoms with Crippen LogP contribution in [0.1, 0.15) is 117 Å². The van der Waals surface area contributed by atoms with Crippen molar-refractivity contribution in [3.05, 3.63) is 12.2 Å². The van der Waals surface area contributed by atoms with Gasteiger partial charge in [0.2, 0.25) is 5.91 Å². The Morgan fingerprint density at radius 3 is 2.00 bits per heavy atom. The van der Waals surface area contributed by atoms with E-state index in [1.54, 1.807) is 6.08 Å². The third-order valence-electron chi connectivity index (χ3n) is 7.36. The van der Waals surface area contributed by atoms with Crippen molar-refractivity contribution in [2.45, 2.75) is 159 Å². The molecule has 39 heavy (non-hydrogen) atoms. The summed E-state index contributed by atoms with van der Waals surface area (Å²) in [5.74, 6) is -0.205. The minimum atomic E-state index is -1.56. The summed E-state index contributed by atoms with van der Waals surface area (Å²) in [7, 11) is 0. The molecule has 7 atom stereocenters. The largest absolute Gasteiger partial charge is 0.394 e. The van der Waals surface area contributed by atoms with Gasteiger partial charge in [-0.15, -0.1) is 0 Å². The normalized spacial score (nSPS) is 25.2. The lowest BCUT2D eigenvalue weighted by atomic mass is 9.99. The highest BCUT2D eigenvalue weighted by Gasteiger charge is 2.44. The number of nitrogens with one attached hydrogen (secondary N) is 1. The van der Waals surface area contributed by atoms with Crippen molar-refractivity contribution in [2.24, 2.45) is 0 Å². The Kier molecular flexibility index (Phi) is 20.8. The summed E-state index contributed by atoms with van der Waals surface area (Å²) in [5, 5.41) is 53.1. The molecule has 0 spiro atoms. The smallest absolute Gasteiger partial charge is 0.220 e. The minimum absolute atomic E-state index is 0.188. The van der Waals surface area contributed by atoms with E-state index < -0.39 is 49.5 Å². The van der Waals surface area contributed by atoms with Gasteiger partial charge in [0.05, 0.1) is 25.4 Å². The van der Waals surface area contributed by atoms with Crippen molar-refractivity contribution in [1.29, 1.82) is 0 Å². The third kappa shape index (κ3) is 15.5.